The monoisotopic (exact) mass is 154 g/mol. The Morgan fingerprint density at radius 2 is 2.55 bits per heavy atom. The molecule has 11 heavy (non-hydrogen) atoms. The van der Waals surface area contributed by atoms with Crippen molar-refractivity contribution >= 4 is 6.21 Å². The van der Waals surface area contributed by atoms with Gasteiger partial charge in [-0.3, -0.25) is 4.90 Å². The van der Waals surface area contributed by atoms with Crippen molar-refractivity contribution in [2.45, 2.75) is 31.4 Å². The van der Waals surface area contributed by atoms with E-state index >= 15 is 0 Å². The average Bonchev–Trinajstić information content (AvgIpc) is 2.46. The fourth-order valence-corrected chi connectivity index (χ4v) is 1.97. The first-order valence-electron chi connectivity index (χ1n) is 4.12. The first kappa shape index (κ1) is 7.10. The third-order valence-corrected chi connectivity index (χ3v) is 2.74. The highest BCUT2D eigenvalue weighted by Gasteiger charge is 2.44. The van der Waals surface area contributed by atoms with Crippen LogP contribution in [0.4, 0.5) is 0 Å². The summed E-state index contributed by atoms with van der Waals surface area (Å²) in [5, 5.41) is 3.84. The number of hydrogen-bond acceptors (Lipinski definition) is 3. The Hall–Kier alpha value is -0.570. The summed E-state index contributed by atoms with van der Waals surface area (Å²) in [6.07, 6.45) is 3.98. The van der Waals surface area contributed by atoms with E-state index in [1.165, 1.54) is 0 Å². The van der Waals surface area contributed by atoms with Crippen molar-refractivity contribution in [2.24, 2.45) is 5.16 Å². The molecular weight excluding hydrogens is 140 g/mol. The van der Waals surface area contributed by atoms with E-state index in [-0.39, 0.29) is 5.60 Å². The van der Waals surface area contributed by atoms with Gasteiger partial charge in [-0.25, -0.2) is 0 Å². The van der Waals surface area contributed by atoms with Crippen molar-refractivity contribution in [3.05, 3.63) is 0 Å². The molecule has 0 aromatic carbocycles. The summed E-state index contributed by atoms with van der Waals surface area (Å²) in [6, 6.07) is 0.636. The van der Waals surface area contributed by atoms with E-state index < -0.39 is 0 Å². The molecule has 0 radical (unpaired) electrons. The van der Waals surface area contributed by atoms with Crippen LogP contribution in [0.3, 0.4) is 0 Å². The van der Waals surface area contributed by atoms with Crippen LogP contribution in [-0.2, 0) is 4.84 Å². The SMILES string of the molecule is CC1CC2(CC=NO2)CN1C. The lowest BCUT2D eigenvalue weighted by molar-refractivity contribution is -0.00874. The summed E-state index contributed by atoms with van der Waals surface area (Å²) in [4.78, 5) is 7.70. The highest BCUT2D eigenvalue weighted by Crippen LogP contribution is 2.34. The Bertz CT molecular complexity index is 171. The van der Waals surface area contributed by atoms with E-state index in [4.69, 9.17) is 4.84 Å². The van der Waals surface area contributed by atoms with Gasteiger partial charge in [0.25, 0.3) is 0 Å². The smallest absolute Gasteiger partial charge is 0.156 e. The highest BCUT2D eigenvalue weighted by atomic mass is 16.7. The molecule has 1 fully saturated rings. The predicted molar refractivity (Wildman–Crippen MR) is 43.6 cm³/mol. The van der Waals surface area contributed by atoms with Crippen LogP contribution < -0.4 is 0 Å². The van der Waals surface area contributed by atoms with Gasteiger partial charge in [0.05, 0.1) is 0 Å². The van der Waals surface area contributed by atoms with Crippen LogP contribution in [0.15, 0.2) is 5.16 Å². The number of likely N-dealkylation sites (N-methyl/N-ethyl adjacent to an activating group) is 1. The molecule has 0 aliphatic carbocycles. The minimum absolute atomic E-state index is 0.0359. The van der Waals surface area contributed by atoms with Crippen LogP contribution in [0.25, 0.3) is 0 Å². The molecule has 62 valence electrons. The van der Waals surface area contributed by atoms with Gasteiger partial charge >= 0.3 is 0 Å². The lowest BCUT2D eigenvalue weighted by Crippen LogP contribution is -2.31. The van der Waals surface area contributed by atoms with Crippen molar-refractivity contribution in [3.8, 4) is 0 Å². The third kappa shape index (κ3) is 1.03. The maximum Gasteiger partial charge on any atom is 0.156 e. The van der Waals surface area contributed by atoms with Crippen LogP contribution in [-0.4, -0.2) is 36.3 Å². The molecule has 0 saturated carbocycles. The molecule has 0 bridgehead atoms. The minimum atomic E-state index is 0.0359. The van der Waals surface area contributed by atoms with Crippen LogP contribution in [0.5, 0.6) is 0 Å². The van der Waals surface area contributed by atoms with Crippen LogP contribution in [0, 0.1) is 0 Å². The first-order chi connectivity index (χ1) is 5.22. The molecule has 0 N–H and O–H groups in total. The highest BCUT2D eigenvalue weighted by molar-refractivity contribution is 5.60. The van der Waals surface area contributed by atoms with Gasteiger partial charge in [0.2, 0.25) is 0 Å². The van der Waals surface area contributed by atoms with Crippen molar-refractivity contribution in [2.75, 3.05) is 13.6 Å². The van der Waals surface area contributed by atoms with Crippen molar-refractivity contribution in [3.63, 3.8) is 0 Å². The summed E-state index contributed by atoms with van der Waals surface area (Å²) in [5.41, 5.74) is 0.0359. The summed E-state index contributed by atoms with van der Waals surface area (Å²) < 4.78 is 0. The number of nitrogens with zero attached hydrogens (tertiary/aromatic N) is 2. The Labute approximate surface area is 67.0 Å². The van der Waals surface area contributed by atoms with Gasteiger partial charge in [-0.2, -0.15) is 0 Å². The second-order valence-electron chi connectivity index (χ2n) is 3.73. The normalized spacial score (nSPS) is 43.6. The number of oxime groups is 1. The predicted octanol–water partition coefficient (Wildman–Crippen LogP) is 0.855. The van der Waals surface area contributed by atoms with E-state index in [1.807, 2.05) is 6.21 Å². The molecule has 1 spiro atoms. The topological polar surface area (TPSA) is 24.8 Å². The largest absolute Gasteiger partial charge is 0.388 e. The van der Waals surface area contributed by atoms with E-state index in [9.17, 15) is 0 Å². The van der Waals surface area contributed by atoms with E-state index in [0.29, 0.717) is 6.04 Å². The maximum absolute atomic E-state index is 5.37. The van der Waals surface area contributed by atoms with Gasteiger partial charge in [0.1, 0.15) is 0 Å². The van der Waals surface area contributed by atoms with Crippen LogP contribution >= 0.6 is 0 Å². The molecule has 2 atom stereocenters. The summed E-state index contributed by atoms with van der Waals surface area (Å²) in [5.74, 6) is 0. The standard InChI is InChI=1S/C8H14N2O/c1-7-5-8(6-10(7)2)3-4-9-11-8/h4,7H,3,5-6H2,1-2H3. The van der Waals surface area contributed by atoms with Gasteiger partial charge in [0.15, 0.2) is 5.60 Å². The van der Waals surface area contributed by atoms with Crippen LogP contribution in [0.2, 0.25) is 0 Å². The molecule has 0 aromatic rings. The zero-order chi connectivity index (χ0) is 7.90. The lowest BCUT2D eigenvalue weighted by Gasteiger charge is -2.19. The Morgan fingerprint density at radius 3 is 3.00 bits per heavy atom. The molecule has 2 aliphatic rings. The fraction of sp³-hybridized carbons (Fsp3) is 0.875. The fourth-order valence-electron chi connectivity index (χ4n) is 1.97. The molecule has 1 saturated heterocycles. The van der Waals surface area contributed by atoms with E-state index in [0.717, 1.165) is 19.4 Å². The molecule has 2 rings (SSSR count). The van der Waals surface area contributed by atoms with Gasteiger partial charge in [-0.1, -0.05) is 5.16 Å². The lowest BCUT2D eigenvalue weighted by atomic mass is 9.98. The zero-order valence-electron chi connectivity index (χ0n) is 7.08. The zero-order valence-corrected chi connectivity index (χ0v) is 7.08. The molecule has 3 nitrogen and oxygen atoms in total. The van der Waals surface area contributed by atoms with Gasteiger partial charge in [0, 0.05) is 31.6 Å². The summed E-state index contributed by atoms with van der Waals surface area (Å²) >= 11 is 0. The average molecular weight is 154 g/mol. The van der Waals surface area contributed by atoms with Crippen molar-refractivity contribution in [1.82, 2.24) is 4.90 Å². The van der Waals surface area contributed by atoms with Gasteiger partial charge in [-0.15, -0.1) is 0 Å². The molecule has 0 amide bonds. The summed E-state index contributed by atoms with van der Waals surface area (Å²) in [7, 11) is 2.14. The number of rotatable bonds is 0. The van der Waals surface area contributed by atoms with Gasteiger partial charge in [-0.05, 0) is 14.0 Å². The van der Waals surface area contributed by atoms with Gasteiger partial charge < -0.3 is 4.84 Å². The van der Waals surface area contributed by atoms with Crippen molar-refractivity contribution in [1.29, 1.82) is 0 Å². The summed E-state index contributed by atoms with van der Waals surface area (Å²) in [6.45, 7) is 3.25. The number of hydrogen-bond donors (Lipinski definition) is 0. The maximum atomic E-state index is 5.37. The molecular formula is C8H14N2O. The second-order valence-corrected chi connectivity index (χ2v) is 3.73. The van der Waals surface area contributed by atoms with E-state index in [1.54, 1.807) is 0 Å². The Balaban J connectivity index is 2.08. The Kier molecular flexibility index (Phi) is 1.42. The third-order valence-electron chi connectivity index (χ3n) is 2.74. The van der Waals surface area contributed by atoms with Crippen molar-refractivity contribution < 1.29 is 4.84 Å². The Morgan fingerprint density at radius 1 is 1.73 bits per heavy atom. The second kappa shape index (κ2) is 2.21. The van der Waals surface area contributed by atoms with E-state index in [2.05, 4.69) is 24.0 Å². The first-order valence-corrected chi connectivity index (χ1v) is 4.12. The molecule has 2 aliphatic heterocycles. The molecule has 3 heteroatoms. The number of likely N-dealkylation sites (tertiary alicyclic amines) is 1. The minimum Gasteiger partial charge on any atom is -0.388 e. The molecule has 2 heterocycles. The molecule has 0 aromatic heterocycles. The molecule has 2 unspecified atom stereocenters. The van der Waals surface area contributed by atoms with Crippen LogP contribution in [0.1, 0.15) is 19.8 Å². The quantitative estimate of drug-likeness (QED) is 0.517.